The van der Waals surface area contributed by atoms with Gasteiger partial charge >= 0.3 is 0 Å². The van der Waals surface area contributed by atoms with E-state index in [1.165, 1.54) is 0 Å². The molecule has 0 unspecified atom stereocenters. The number of carbonyl (C=O) groups is 1. The third-order valence-electron chi connectivity index (χ3n) is 2.77. The summed E-state index contributed by atoms with van der Waals surface area (Å²) in [5.41, 5.74) is 0.588. The third kappa shape index (κ3) is 4.00. The Hall–Kier alpha value is -1.62. The molecule has 0 aliphatic carbocycles. The van der Waals surface area contributed by atoms with Gasteiger partial charge in [0.15, 0.2) is 0 Å². The Bertz CT molecular complexity index is 382. The van der Waals surface area contributed by atoms with Gasteiger partial charge in [0.05, 0.1) is 5.56 Å². The van der Waals surface area contributed by atoms with Crippen LogP contribution in [0.5, 0.6) is 0 Å². The fourth-order valence-electron chi connectivity index (χ4n) is 1.72. The fourth-order valence-corrected chi connectivity index (χ4v) is 1.72. The minimum atomic E-state index is -0.0311. The minimum Gasteiger partial charge on any atom is -0.396 e. The lowest BCUT2D eigenvalue weighted by Crippen LogP contribution is -2.28. The molecule has 1 rings (SSSR count). The molecule has 1 amide bonds. The first-order valence-corrected chi connectivity index (χ1v) is 6.19. The Labute approximate surface area is 108 Å². The number of nitrogens with one attached hydrogen (secondary N) is 1. The van der Waals surface area contributed by atoms with Gasteiger partial charge in [-0.15, -0.1) is 0 Å². The highest BCUT2D eigenvalue weighted by Crippen LogP contribution is 2.13. The number of hydrogen-bond acceptors (Lipinski definition) is 4. The summed E-state index contributed by atoms with van der Waals surface area (Å²) in [5, 5.41) is 11.6. The molecule has 0 bridgehead atoms. The van der Waals surface area contributed by atoms with E-state index in [0.29, 0.717) is 17.9 Å². The molecule has 5 nitrogen and oxygen atoms in total. The van der Waals surface area contributed by atoms with E-state index in [0.717, 1.165) is 19.3 Å². The molecule has 0 radical (unpaired) electrons. The molecular weight excluding hydrogens is 230 g/mol. The van der Waals surface area contributed by atoms with Crippen LogP contribution in [-0.4, -0.2) is 48.1 Å². The van der Waals surface area contributed by atoms with Crippen LogP contribution in [0.4, 0.5) is 5.82 Å². The van der Waals surface area contributed by atoms with E-state index in [1.807, 2.05) is 0 Å². The molecule has 0 saturated heterocycles. The first-order chi connectivity index (χ1) is 8.70. The lowest BCUT2D eigenvalue weighted by Gasteiger charge is -2.18. The first-order valence-electron chi connectivity index (χ1n) is 6.19. The van der Waals surface area contributed by atoms with Crippen LogP contribution in [0.1, 0.15) is 29.6 Å². The van der Waals surface area contributed by atoms with Crippen LogP contribution in [0.15, 0.2) is 18.3 Å². The molecule has 1 aromatic heterocycles. The quantitative estimate of drug-likeness (QED) is 0.718. The average Bonchev–Trinajstić information content (AvgIpc) is 2.42. The summed E-state index contributed by atoms with van der Waals surface area (Å²) in [5.74, 6) is 0.571. The highest BCUT2D eigenvalue weighted by atomic mass is 16.2. The van der Waals surface area contributed by atoms with Gasteiger partial charge in [-0.25, -0.2) is 4.98 Å². The van der Waals surface area contributed by atoms with E-state index in [2.05, 4.69) is 10.3 Å². The number of nitrogens with zero attached hydrogens (tertiary/aromatic N) is 2. The van der Waals surface area contributed by atoms with E-state index >= 15 is 0 Å². The molecule has 100 valence electrons. The van der Waals surface area contributed by atoms with Crippen LogP contribution >= 0.6 is 0 Å². The second-order valence-electron chi connectivity index (χ2n) is 4.16. The number of aliphatic hydroxyl groups excluding tert-OH is 1. The predicted molar refractivity (Wildman–Crippen MR) is 71.7 cm³/mol. The Morgan fingerprint density at radius 1 is 1.44 bits per heavy atom. The maximum atomic E-state index is 12.2. The zero-order chi connectivity index (χ0) is 13.4. The van der Waals surface area contributed by atoms with Gasteiger partial charge in [0, 0.05) is 33.4 Å². The Kier molecular flexibility index (Phi) is 6.14. The standard InChI is InChI=1S/C13H21N3O2/c1-14-12-11(7-6-8-15-12)13(18)16(2)9-4-3-5-10-17/h6-8,17H,3-5,9-10H2,1-2H3,(H,14,15). The van der Waals surface area contributed by atoms with Crippen molar-refractivity contribution in [2.24, 2.45) is 0 Å². The smallest absolute Gasteiger partial charge is 0.257 e. The van der Waals surface area contributed by atoms with Crippen molar-refractivity contribution in [1.29, 1.82) is 0 Å². The number of aliphatic hydroxyl groups is 1. The van der Waals surface area contributed by atoms with Gasteiger partial charge in [0.25, 0.3) is 5.91 Å². The third-order valence-corrected chi connectivity index (χ3v) is 2.77. The van der Waals surface area contributed by atoms with Crippen LogP contribution in [-0.2, 0) is 0 Å². The molecule has 0 spiro atoms. The second kappa shape index (κ2) is 7.66. The normalized spacial score (nSPS) is 10.2. The molecule has 18 heavy (non-hydrogen) atoms. The number of rotatable bonds is 7. The van der Waals surface area contributed by atoms with Crippen molar-refractivity contribution in [3.63, 3.8) is 0 Å². The van der Waals surface area contributed by atoms with E-state index in [-0.39, 0.29) is 12.5 Å². The highest BCUT2D eigenvalue weighted by Gasteiger charge is 2.15. The largest absolute Gasteiger partial charge is 0.396 e. The van der Waals surface area contributed by atoms with E-state index in [1.54, 1.807) is 37.3 Å². The highest BCUT2D eigenvalue weighted by molar-refractivity contribution is 5.98. The molecule has 2 N–H and O–H groups in total. The molecule has 0 fully saturated rings. The average molecular weight is 251 g/mol. The van der Waals surface area contributed by atoms with Crippen molar-refractivity contribution in [2.75, 3.05) is 32.6 Å². The zero-order valence-corrected chi connectivity index (χ0v) is 11.0. The van der Waals surface area contributed by atoms with Crippen molar-refractivity contribution in [3.05, 3.63) is 23.9 Å². The number of pyridine rings is 1. The molecular formula is C13H21N3O2. The number of anilines is 1. The molecule has 0 aliphatic heterocycles. The van der Waals surface area contributed by atoms with Crippen molar-refractivity contribution in [1.82, 2.24) is 9.88 Å². The number of unbranched alkanes of at least 4 members (excludes halogenated alkanes) is 2. The molecule has 0 aromatic carbocycles. The summed E-state index contributed by atoms with van der Waals surface area (Å²) in [6, 6.07) is 3.53. The summed E-state index contributed by atoms with van der Waals surface area (Å²) < 4.78 is 0. The Morgan fingerprint density at radius 3 is 2.89 bits per heavy atom. The van der Waals surface area contributed by atoms with Crippen LogP contribution in [0.3, 0.4) is 0 Å². The number of aromatic nitrogens is 1. The summed E-state index contributed by atoms with van der Waals surface area (Å²) in [4.78, 5) is 18.0. The summed E-state index contributed by atoms with van der Waals surface area (Å²) in [7, 11) is 3.54. The summed E-state index contributed by atoms with van der Waals surface area (Å²) in [6.45, 7) is 0.904. The Morgan fingerprint density at radius 2 is 2.22 bits per heavy atom. The summed E-state index contributed by atoms with van der Waals surface area (Å²) >= 11 is 0. The van der Waals surface area contributed by atoms with E-state index in [9.17, 15) is 4.79 Å². The van der Waals surface area contributed by atoms with Gasteiger partial charge in [-0.2, -0.15) is 0 Å². The lowest BCUT2D eigenvalue weighted by atomic mass is 10.2. The van der Waals surface area contributed by atoms with Crippen LogP contribution in [0.25, 0.3) is 0 Å². The lowest BCUT2D eigenvalue weighted by molar-refractivity contribution is 0.0793. The molecule has 0 saturated carbocycles. The number of amides is 1. The van der Waals surface area contributed by atoms with Gasteiger partial charge in [-0.1, -0.05) is 0 Å². The van der Waals surface area contributed by atoms with Crippen LogP contribution in [0, 0.1) is 0 Å². The first kappa shape index (κ1) is 14.4. The van der Waals surface area contributed by atoms with Crippen molar-refractivity contribution in [3.8, 4) is 0 Å². The van der Waals surface area contributed by atoms with Gasteiger partial charge in [0.1, 0.15) is 5.82 Å². The van der Waals surface area contributed by atoms with Crippen molar-refractivity contribution < 1.29 is 9.90 Å². The number of carbonyl (C=O) groups excluding carboxylic acids is 1. The Balaban J connectivity index is 2.57. The molecule has 0 atom stereocenters. The predicted octanol–water partition coefficient (Wildman–Crippen LogP) is 1.36. The van der Waals surface area contributed by atoms with Gasteiger partial charge < -0.3 is 15.3 Å². The topological polar surface area (TPSA) is 65.5 Å². The van der Waals surface area contributed by atoms with Gasteiger partial charge in [-0.3, -0.25) is 4.79 Å². The van der Waals surface area contributed by atoms with E-state index in [4.69, 9.17) is 5.11 Å². The maximum Gasteiger partial charge on any atom is 0.257 e. The van der Waals surface area contributed by atoms with Gasteiger partial charge in [0.2, 0.25) is 0 Å². The second-order valence-corrected chi connectivity index (χ2v) is 4.16. The zero-order valence-electron chi connectivity index (χ0n) is 11.0. The van der Waals surface area contributed by atoms with Crippen molar-refractivity contribution in [2.45, 2.75) is 19.3 Å². The molecule has 1 heterocycles. The SMILES string of the molecule is CNc1ncccc1C(=O)N(C)CCCCCO. The van der Waals surface area contributed by atoms with Crippen LogP contribution in [0.2, 0.25) is 0 Å². The molecule has 1 aromatic rings. The monoisotopic (exact) mass is 251 g/mol. The fraction of sp³-hybridized carbons (Fsp3) is 0.538. The molecule has 5 heteroatoms. The van der Waals surface area contributed by atoms with Crippen LogP contribution < -0.4 is 5.32 Å². The van der Waals surface area contributed by atoms with Crippen molar-refractivity contribution >= 4 is 11.7 Å². The maximum absolute atomic E-state index is 12.2. The molecule has 0 aliphatic rings. The summed E-state index contributed by atoms with van der Waals surface area (Å²) in [6.07, 6.45) is 4.28. The van der Waals surface area contributed by atoms with Gasteiger partial charge in [-0.05, 0) is 31.4 Å². The van der Waals surface area contributed by atoms with E-state index < -0.39 is 0 Å². The number of hydrogen-bond donors (Lipinski definition) is 2. The minimum absolute atomic E-state index is 0.0311.